The maximum atomic E-state index is 12.1. The zero-order valence-corrected chi connectivity index (χ0v) is 14.7. The first-order valence-electron chi connectivity index (χ1n) is 7.34. The first-order chi connectivity index (χ1) is 12.1. The van der Waals surface area contributed by atoms with Gasteiger partial charge in [0.1, 0.15) is 11.4 Å². The Balaban J connectivity index is 1.54. The average molecular weight is 372 g/mol. The topological polar surface area (TPSA) is 93.2 Å². The van der Waals surface area contributed by atoms with E-state index in [1.54, 1.807) is 17.5 Å². The number of ether oxygens (including phenoxy) is 1. The third kappa shape index (κ3) is 3.24. The molecule has 0 saturated carbocycles. The van der Waals surface area contributed by atoms with Crippen LogP contribution in [-0.2, 0) is 4.79 Å². The zero-order valence-electron chi connectivity index (χ0n) is 13.0. The van der Waals surface area contributed by atoms with Gasteiger partial charge in [0.05, 0.1) is 16.4 Å². The van der Waals surface area contributed by atoms with Gasteiger partial charge in [-0.15, -0.1) is 22.7 Å². The van der Waals surface area contributed by atoms with Crippen molar-refractivity contribution >= 4 is 45.3 Å². The van der Waals surface area contributed by atoms with Gasteiger partial charge in [-0.25, -0.2) is 9.97 Å². The normalized spacial score (nSPS) is 12.9. The third-order valence-electron chi connectivity index (χ3n) is 3.48. The molecule has 1 aromatic carbocycles. The molecule has 3 aromatic rings. The average Bonchev–Trinajstić information content (AvgIpc) is 3.23. The van der Waals surface area contributed by atoms with E-state index in [1.165, 1.54) is 22.7 Å². The summed E-state index contributed by atoms with van der Waals surface area (Å²) in [5, 5.41) is 10.4. The third-order valence-corrected chi connectivity index (χ3v) is 5.02. The van der Waals surface area contributed by atoms with Crippen molar-refractivity contribution < 1.29 is 14.3 Å². The number of aryl methyl sites for hydroxylation is 1. The summed E-state index contributed by atoms with van der Waals surface area (Å²) in [6.07, 6.45) is 0. The van der Waals surface area contributed by atoms with Gasteiger partial charge in [-0.05, 0) is 25.1 Å². The Labute approximate surface area is 150 Å². The van der Waals surface area contributed by atoms with Crippen LogP contribution in [0.25, 0.3) is 11.3 Å². The molecule has 7 nitrogen and oxygen atoms in total. The number of hydrogen-bond acceptors (Lipinski definition) is 7. The van der Waals surface area contributed by atoms with Crippen molar-refractivity contribution in [3.8, 4) is 17.0 Å². The maximum absolute atomic E-state index is 12.1. The Bertz CT molecular complexity index is 979. The van der Waals surface area contributed by atoms with Gasteiger partial charge in [-0.3, -0.25) is 14.9 Å². The second-order valence-electron chi connectivity index (χ2n) is 5.29. The van der Waals surface area contributed by atoms with Gasteiger partial charge in [0.2, 0.25) is 0 Å². The zero-order chi connectivity index (χ0) is 17.4. The van der Waals surface area contributed by atoms with Crippen molar-refractivity contribution in [2.75, 3.05) is 17.2 Å². The van der Waals surface area contributed by atoms with E-state index >= 15 is 0 Å². The highest BCUT2D eigenvalue weighted by molar-refractivity contribution is 7.14. The predicted octanol–water partition coefficient (Wildman–Crippen LogP) is 3.16. The van der Waals surface area contributed by atoms with E-state index in [0.29, 0.717) is 28.0 Å². The number of carbonyl (C=O) groups excluding carboxylic acids is 2. The van der Waals surface area contributed by atoms with Gasteiger partial charge in [0.25, 0.3) is 11.8 Å². The molecule has 2 N–H and O–H groups in total. The lowest BCUT2D eigenvalue weighted by Crippen LogP contribution is -2.25. The van der Waals surface area contributed by atoms with Crippen LogP contribution in [0, 0.1) is 6.92 Å². The summed E-state index contributed by atoms with van der Waals surface area (Å²) in [6, 6.07) is 5.46. The Morgan fingerprint density at radius 1 is 1.28 bits per heavy atom. The minimum absolute atomic E-state index is 0.0231. The number of aromatic nitrogens is 2. The van der Waals surface area contributed by atoms with Crippen LogP contribution in [-0.4, -0.2) is 28.4 Å². The van der Waals surface area contributed by atoms with Crippen LogP contribution in [0.5, 0.6) is 5.75 Å². The number of benzene rings is 1. The fourth-order valence-electron chi connectivity index (χ4n) is 2.34. The fourth-order valence-corrected chi connectivity index (χ4v) is 3.64. The molecule has 0 atom stereocenters. The summed E-state index contributed by atoms with van der Waals surface area (Å²) in [7, 11) is 0. The largest absolute Gasteiger partial charge is 0.482 e. The van der Waals surface area contributed by atoms with E-state index < -0.39 is 0 Å². The minimum Gasteiger partial charge on any atom is -0.482 e. The predicted molar refractivity (Wildman–Crippen MR) is 96.5 cm³/mol. The Kier molecular flexibility index (Phi) is 3.94. The molecule has 2 amide bonds. The molecular weight excluding hydrogens is 360 g/mol. The van der Waals surface area contributed by atoms with E-state index in [9.17, 15) is 9.59 Å². The minimum atomic E-state index is -0.281. The molecule has 0 fully saturated rings. The van der Waals surface area contributed by atoms with Gasteiger partial charge < -0.3 is 10.1 Å². The smallest absolute Gasteiger partial charge is 0.276 e. The summed E-state index contributed by atoms with van der Waals surface area (Å²) in [6.45, 7) is 1.87. The number of nitrogens with one attached hydrogen (secondary N) is 2. The lowest BCUT2D eigenvalue weighted by atomic mass is 10.1. The Hall–Kier alpha value is -2.78. The summed E-state index contributed by atoms with van der Waals surface area (Å²) < 4.78 is 5.34. The molecule has 0 unspecified atom stereocenters. The van der Waals surface area contributed by atoms with Crippen LogP contribution >= 0.6 is 22.7 Å². The SMILES string of the molecule is Cc1nc(C(=O)Nc2nc(-c3ccc4c(c3)NC(=O)CO4)cs2)cs1. The summed E-state index contributed by atoms with van der Waals surface area (Å²) in [5.41, 5.74) is 2.53. The highest BCUT2D eigenvalue weighted by Crippen LogP contribution is 2.33. The molecular formula is C16H12N4O3S2. The highest BCUT2D eigenvalue weighted by atomic mass is 32.1. The van der Waals surface area contributed by atoms with Crippen LogP contribution < -0.4 is 15.4 Å². The molecule has 1 aliphatic heterocycles. The van der Waals surface area contributed by atoms with Crippen LogP contribution in [0.2, 0.25) is 0 Å². The number of thiazole rings is 2. The second kappa shape index (κ2) is 6.26. The quantitative estimate of drug-likeness (QED) is 0.737. The molecule has 0 aliphatic carbocycles. The Morgan fingerprint density at radius 2 is 2.16 bits per heavy atom. The van der Waals surface area contributed by atoms with E-state index in [1.807, 2.05) is 18.4 Å². The molecule has 1 aliphatic rings. The summed E-state index contributed by atoms with van der Waals surface area (Å²) in [4.78, 5) is 32.2. The first kappa shape index (κ1) is 15.7. The van der Waals surface area contributed by atoms with E-state index in [-0.39, 0.29) is 18.4 Å². The molecule has 3 heterocycles. The molecule has 0 radical (unpaired) electrons. The number of nitrogens with zero attached hydrogens (tertiary/aromatic N) is 2. The van der Waals surface area contributed by atoms with Gasteiger partial charge in [0, 0.05) is 16.3 Å². The van der Waals surface area contributed by atoms with Crippen molar-refractivity contribution in [3.05, 3.63) is 39.7 Å². The molecule has 0 bridgehead atoms. The number of anilines is 2. The number of amides is 2. The second-order valence-corrected chi connectivity index (χ2v) is 7.21. The Morgan fingerprint density at radius 3 is 2.96 bits per heavy atom. The summed E-state index contributed by atoms with van der Waals surface area (Å²) in [5.74, 6) is 0.164. The molecule has 0 saturated heterocycles. The van der Waals surface area contributed by atoms with Crippen LogP contribution in [0.1, 0.15) is 15.5 Å². The molecule has 0 spiro atoms. The number of rotatable bonds is 3. The summed E-state index contributed by atoms with van der Waals surface area (Å²) >= 11 is 2.75. The van der Waals surface area contributed by atoms with Crippen molar-refractivity contribution in [3.63, 3.8) is 0 Å². The van der Waals surface area contributed by atoms with Gasteiger partial charge >= 0.3 is 0 Å². The lowest BCUT2D eigenvalue weighted by molar-refractivity contribution is -0.118. The highest BCUT2D eigenvalue weighted by Gasteiger charge is 2.17. The van der Waals surface area contributed by atoms with E-state index in [4.69, 9.17) is 4.74 Å². The number of fused-ring (bicyclic) bond motifs is 1. The van der Waals surface area contributed by atoms with Crippen molar-refractivity contribution in [1.29, 1.82) is 0 Å². The molecule has 9 heteroatoms. The van der Waals surface area contributed by atoms with Crippen LogP contribution in [0.3, 0.4) is 0 Å². The standard InChI is InChI=1S/C16H12N4O3S2/c1-8-17-12(7-24-8)15(22)20-16-19-11(6-25-16)9-2-3-13-10(4-9)18-14(21)5-23-13/h2-4,6-7H,5H2,1H3,(H,18,21)(H,19,20,22). The number of hydrogen-bond donors (Lipinski definition) is 2. The lowest BCUT2D eigenvalue weighted by Gasteiger charge is -2.18. The van der Waals surface area contributed by atoms with E-state index in [2.05, 4.69) is 20.6 Å². The van der Waals surface area contributed by atoms with Crippen molar-refractivity contribution in [2.45, 2.75) is 6.92 Å². The molecule has 2 aromatic heterocycles. The van der Waals surface area contributed by atoms with Gasteiger partial charge in [-0.2, -0.15) is 0 Å². The fraction of sp³-hybridized carbons (Fsp3) is 0.125. The van der Waals surface area contributed by atoms with Crippen LogP contribution in [0.15, 0.2) is 29.0 Å². The molecule has 126 valence electrons. The molecule has 4 rings (SSSR count). The number of carbonyl (C=O) groups is 2. The van der Waals surface area contributed by atoms with Crippen LogP contribution in [0.4, 0.5) is 10.8 Å². The molecule has 25 heavy (non-hydrogen) atoms. The van der Waals surface area contributed by atoms with E-state index in [0.717, 1.165) is 10.6 Å². The maximum Gasteiger partial charge on any atom is 0.276 e. The first-order valence-corrected chi connectivity index (χ1v) is 9.10. The van der Waals surface area contributed by atoms with Gasteiger partial charge in [0.15, 0.2) is 11.7 Å². The van der Waals surface area contributed by atoms with Gasteiger partial charge in [-0.1, -0.05) is 0 Å². The van der Waals surface area contributed by atoms with Crippen molar-refractivity contribution in [1.82, 2.24) is 9.97 Å². The monoisotopic (exact) mass is 372 g/mol. The van der Waals surface area contributed by atoms with Crippen molar-refractivity contribution in [2.24, 2.45) is 0 Å².